The van der Waals surface area contributed by atoms with Gasteiger partial charge in [0.25, 0.3) is 26.1 Å². The first-order valence-electron chi connectivity index (χ1n) is 19.4. The van der Waals surface area contributed by atoms with Crippen LogP contribution in [0.1, 0.15) is 55.1 Å². The van der Waals surface area contributed by atoms with E-state index >= 15 is 0 Å². The van der Waals surface area contributed by atoms with Crippen LogP contribution in [0.15, 0.2) is 96.2 Å². The van der Waals surface area contributed by atoms with Gasteiger partial charge < -0.3 is 38.1 Å². The van der Waals surface area contributed by atoms with Gasteiger partial charge in [0.05, 0.1) is 30.8 Å². The molecule has 0 spiro atoms. The summed E-state index contributed by atoms with van der Waals surface area (Å²) in [4.78, 5) is 72.7. The van der Waals surface area contributed by atoms with Gasteiger partial charge in [-0.15, -0.1) is 20.2 Å². The Morgan fingerprint density at radius 2 is 1.40 bits per heavy atom. The SMILES string of the molecule is COc1ccccc1Oc1c(OCCOC(=O)c2ccc(CO[N+](=O)[O-])cc2)nc(-c2ncccn2)nc1N(COC(=O)OCCCCO[N+](=O)[O-])S(=O)(=O)c1ccc(C(C)(C)C)cc1. The van der Waals surface area contributed by atoms with Crippen molar-refractivity contribution < 1.29 is 66.3 Å². The number of carbonyl (C=O) groups excluding carboxylic acids is 2. The van der Waals surface area contributed by atoms with Crippen LogP contribution in [-0.4, -0.2) is 90.9 Å². The van der Waals surface area contributed by atoms with E-state index in [2.05, 4.69) is 29.6 Å². The Kier molecular flexibility index (Phi) is 16.6. The Bertz CT molecular complexity index is 2530. The van der Waals surface area contributed by atoms with Gasteiger partial charge >= 0.3 is 12.1 Å². The molecule has 5 aromatic rings. The second kappa shape index (κ2) is 22.5. The fourth-order valence-electron chi connectivity index (χ4n) is 5.47. The highest BCUT2D eigenvalue weighted by molar-refractivity contribution is 7.92. The maximum Gasteiger partial charge on any atom is 0.510 e. The number of aromatic nitrogens is 4. The third-order valence-electron chi connectivity index (χ3n) is 8.74. The molecule has 0 fully saturated rings. The van der Waals surface area contributed by atoms with Crippen molar-refractivity contribution in [2.45, 2.75) is 50.5 Å². The van der Waals surface area contributed by atoms with Gasteiger partial charge in [-0.25, -0.2) is 37.3 Å². The van der Waals surface area contributed by atoms with E-state index in [9.17, 15) is 38.2 Å². The molecular weight excluding hydrogens is 879 g/mol. The number of methoxy groups -OCH3 is 1. The number of para-hydroxylation sites is 2. The van der Waals surface area contributed by atoms with Crippen molar-refractivity contribution in [3.05, 3.63) is 128 Å². The number of benzene rings is 3. The van der Waals surface area contributed by atoms with Gasteiger partial charge in [0.15, 0.2) is 29.9 Å². The van der Waals surface area contributed by atoms with Gasteiger partial charge in [-0.05, 0) is 71.8 Å². The Labute approximate surface area is 371 Å². The molecule has 0 amide bonds. The van der Waals surface area contributed by atoms with Crippen LogP contribution < -0.4 is 18.5 Å². The van der Waals surface area contributed by atoms with Crippen LogP contribution in [0.5, 0.6) is 23.1 Å². The van der Waals surface area contributed by atoms with E-state index in [-0.39, 0.29) is 78.3 Å². The summed E-state index contributed by atoms with van der Waals surface area (Å²) < 4.78 is 64.1. The molecule has 344 valence electrons. The number of carbonyl (C=O) groups is 2. The van der Waals surface area contributed by atoms with Crippen molar-refractivity contribution in [3.63, 3.8) is 0 Å². The summed E-state index contributed by atoms with van der Waals surface area (Å²) in [6.07, 6.45) is 1.79. The fourth-order valence-corrected chi connectivity index (χ4v) is 6.75. The minimum Gasteiger partial charge on any atom is -0.493 e. The third-order valence-corrected chi connectivity index (χ3v) is 10.5. The number of hydrogen-bond donors (Lipinski definition) is 0. The number of sulfonamides is 1. The number of rotatable bonds is 23. The number of anilines is 1. The van der Waals surface area contributed by atoms with Crippen LogP contribution in [-0.2, 0) is 45.9 Å². The molecule has 5 rings (SSSR count). The average molecular weight is 922 g/mol. The zero-order valence-corrected chi connectivity index (χ0v) is 36.2. The normalized spacial score (nSPS) is 11.1. The van der Waals surface area contributed by atoms with Gasteiger partial charge in [-0.1, -0.05) is 57.2 Å². The summed E-state index contributed by atoms with van der Waals surface area (Å²) in [6, 6.07) is 19.6. The molecular formula is C41H43N7O16S. The van der Waals surface area contributed by atoms with Gasteiger partial charge in [0.2, 0.25) is 11.6 Å². The zero-order chi connectivity index (χ0) is 47.0. The van der Waals surface area contributed by atoms with Crippen LogP contribution in [0.2, 0.25) is 0 Å². The molecule has 0 atom stereocenters. The van der Waals surface area contributed by atoms with Crippen molar-refractivity contribution in [3.8, 4) is 34.8 Å². The summed E-state index contributed by atoms with van der Waals surface area (Å²) in [5.74, 6) is -2.28. The summed E-state index contributed by atoms with van der Waals surface area (Å²) in [5, 5.41) is 19.1. The zero-order valence-electron chi connectivity index (χ0n) is 35.4. The highest BCUT2D eigenvalue weighted by Crippen LogP contribution is 2.43. The lowest BCUT2D eigenvalue weighted by atomic mass is 9.87. The van der Waals surface area contributed by atoms with E-state index in [1.54, 1.807) is 30.3 Å². The number of nitrogens with zero attached hydrogens (tertiary/aromatic N) is 7. The molecule has 2 heterocycles. The van der Waals surface area contributed by atoms with Crippen LogP contribution in [0.3, 0.4) is 0 Å². The van der Waals surface area contributed by atoms with Gasteiger partial charge in [-0.2, -0.15) is 4.98 Å². The quantitative estimate of drug-likeness (QED) is 0.0229. The number of ether oxygens (including phenoxy) is 6. The van der Waals surface area contributed by atoms with Crippen LogP contribution >= 0.6 is 0 Å². The van der Waals surface area contributed by atoms with E-state index in [0.717, 1.165) is 5.56 Å². The summed E-state index contributed by atoms with van der Waals surface area (Å²) in [5.41, 5.74) is 1.01. The van der Waals surface area contributed by atoms with E-state index in [4.69, 9.17) is 28.4 Å². The first-order chi connectivity index (χ1) is 31.1. The first-order valence-corrected chi connectivity index (χ1v) is 20.9. The average Bonchev–Trinajstić information content (AvgIpc) is 3.29. The van der Waals surface area contributed by atoms with Crippen molar-refractivity contribution in [1.82, 2.24) is 19.9 Å². The van der Waals surface area contributed by atoms with Crippen LogP contribution in [0.4, 0.5) is 10.6 Å². The molecule has 24 heteroatoms. The smallest absolute Gasteiger partial charge is 0.493 e. The maximum absolute atomic E-state index is 14.9. The monoisotopic (exact) mass is 921 g/mol. The van der Waals surface area contributed by atoms with Gasteiger partial charge in [0, 0.05) is 12.4 Å². The summed E-state index contributed by atoms with van der Waals surface area (Å²) >= 11 is 0. The molecule has 3 aromatic carbocycles. The van der Waals surface area contributed by atoms with Crippen LogP contribution in [0.25, 0.3) is 11.6 Å². The minimum atomic E-state index is -4.77. The third kappa shape index (κ3) is 13.8. The van der Waals surface area contributed by atoms with E-state index < -0.39 is 63.1 Å². The number of esters is 1. The van der Waals surface area contributed by atoms with Crippen molar-refractivity contribution in [2.75, 3.05) is 44.6 Å². The number of hydrogen-bond acceptors (Lipinski definition) is 20. The maximum atomic E-state index is 14.9. The van der Waals surface area contributed by atoms with Gasteiger partial charge in [-0.3, -0.25) is 0 Å². The molecule has 0 radical (unpaired) electrons. The van der Waals surface area contributed by atoms with E-state index in [1.165, 1.54) is 68.0 Å². The Hall–Kier alpha value is -7.89. The molecule has 0 aliphatic heterocycles. The Morgan fingerprint density at radius 1 is 0.738 bits per heavy atom. The second-order valence-electron chi connectivity index (χ2n) is 14.3. The molecule has 0 saturated heterocycles. The lowest BCUT2D eigenvalue weighted by Gasteiger charge is -2.26. The van der Waals surface area contributed by atoms with E-state index in [0.29, 0.717) is 9.87 Å². The van der Waals surface area contributed by atoms with Crippen molar-refractivity contribution in [2.24, 2.45) is 0 Å². The molecule has 0 bridgehead atoms. The fraction of sp³-hybridized carbons (Fsp3) is 0.317. The lowest BCUT2D eigenvalue weighted by molar-refractivity contribution is -0.763. The molecule has 0 unspecified atom stereocenters. The number of unbranched alkanes of at least 4 members (excludes halogenated alkanes) is 1. The predicted octanol–water partition coefficient (Wildman–Crippen LogP) is 6.27. The highest BCUT2D eigenvalue weighted by Gasteiger charge is 2.35. The van der Waals surface area contributed by atoms with Crippen LogP contribution in [0, 0.1) is 20.2 Å². The molecule has 23 nitrogen and oxygen atoms in total. The molecule has 65 heavy (non-hydrogen) atoms. The van der Waals surface area contributed by atoms with Crippen molar-refractivity contribution >= 4 is 28.0 Å². The summed E-state index contributed by atoms with van der Waals surface area (Å²) in [6.45, 7) is 3.19. The molecule has 0 aliphatic carbocycles. The molecule has 0 saturated carbocycles. The topological polar surface area (TPSA) is 283 Å². The Morgan fingerprint density at radius 3 is 2.05 bits per heavy atom. The summed E-state index contributed by atoms with van der Waals surface area (Å²) in [7, 11) is -3.39. The largest absolute Gasteiger partial charge is 0.510 e. The minimum absolute atomic E-state index is 0.0418. The van der Waals surface area contributed by atoms with E-state index in [1.807, 2.05) is 20.8 Å². The standard InChI is InChI=1S/C41H43N7O16S/c1-41(2,3)30-16-18-31(19-17-30)65(55,56)46(27-61-40(50)60-22-7-8-23-62-47(51)52)37-34(64-33-11-6-5-10-32(33)57-4)38(45-36(44-37)35-42-20-9-21-43-35)58-24-25-59-39(49)29-14-12-28(13-15-29)26-63-48(53)54/h5-6,9-21H,7-8,22-27H2,1-4H3. The highest BCUT2D eigenvalue weighted by atomic mass is 32.2. The predicted molar refractivity (Wildman–Crippen MR) is 224 cm³/mol. The molecule has 0 N–H and O–H groups in total. The van der Waals surface area contributed by atoms with Crippen molar-refractivity contribution in [1.29, 1.82) is 0 Å². The second-order valence-corrected chi connectivity index (χ2v) is 16.1. The lowest BCUT2D eigenvalue weighted by Crippen LogP contribution is -2.36. The molecule has 2 aromatic heterocycles. The first kappa shape index (κ1) is 48.1. The Balaban J connectivity index is 1.56. The molecule has 0 aliphatic rings. The van der Waals surface area contributed by atoms with Gasteiger partial charge in [0.1, 0.15) is 19.8 Å².